The van der Waals surface area contributed by atoms with E-state index in [1.165, 1.54) is 0 Å². The van der Waals surface area contributed by atoms with Crippen LogP contribution in [0.25, 0.3) is 0 Å². The topological polar surface area (TPSA) is 58.4 Å². The lowest BCUT2D eigenvalue weighted by molar-refractivity contribution is 0.0942. The van der Waals surface area contributed by atoms with Crippen molar-refractivity contribution in [3.8, 4) is 0 Å². The number of anilines is 1. The van der Waals surface area contributed by atoms with E-state index >= 15 is 0 Å². The van der Waals surface area contributed by atoms with E-state index in [-0.39, 0.29) is 11.4 Å². The molecular weight excluding hydrogens is 262 g/mol. The lowest BCUT2D eigenvalue weighted by Crippen LogP contribution is -2.49. The lowest BCUT2D eigenvalue weighted by Gasteiger charge is -2.26. The number of nitrogens with two attached hydrogens (primary N) is 1. The molecule has 0 atom stereocenters. The summed E-state index contributed by atoms with van der Waals surface area (Å²) in [6.07, 6.45) is 2.81. The molecule has 0 fully saturated rings. The van der Waals surface area contributed by atoms with Gasteiger partial charge in [0, 0.05) is 36.9 Å². The molecule has 0 spiro atoms. The summed E-state index contributed by atoms with van der Waals surface area (Å²) in [5, 5.41) is 2.94. The highest BCUT2D eigenvalue weighted by Gasteiger charge is 2.21. The molecule has 0 heterocycles. The van der Waals surface area contributed by atoms with E-state index in [2.05, 4.69) is 24.2 Å². The highest BCUT2D eigenvalue weighted by molar-refractivity contribution is 5.94. The zero-order chi connectivity index (χ0) is 15.9. The molecule has 4 nitrogen and oxygen atoms in total. The highest BCUT2D eigenvalue weighted by Crippen LogP contribution is 2.15. The van der Waals surface area contributed by atoms with Crippen LogP contribution in [-0.4, -0.2) is 31.6 Å². The van der Waals surface area contributed by atoms with Crippen LogP contribution in [0, 0.1) is 0 Å². The molecule has 0 radical (unpaired) electrons. The molecule has 0 saturated heterocycles. The lowest BCUT2D eigenvalue weighted by atomic mass is 9.94. The van der Waals surface area contributed by atoms with Gasteiger partial charge in [-0.3, -0.25) is 4.79 Å². The van der Waals surface area contributed by atoms with Crippen LogP contribution < -0.4 is 16.0 Å². The number of hydrogen-bond acceptors (Lipinski definition) is 3. The zero-order valence-electron chi connectivity index (χ0n) is 13.8. The summed E-state index contributed by atoms with van der Waals surface area (Å²) in [7, 11) is 2.06. The Morgan fingerprint density at radius 1 is 1.19 bits per heavy atom. The van der Waals surface area contributed by atoms with Gasteiger partial charge in [-0.15, -0.1) is 0 Å². The maximum Gasteiger partial charge on any atom is 0.251 e. The molecule has 0 aliphatic rings. The van der Waals surface area contributed by atoms with Gasteiger partial charge < -0.3 is 16.0 Å². The van der Waals surface area contributed by atoms with E-state index in [0.717, 1.165) is 31.5 Å². The fourth-order valence-corrected chi connectivity index (χ4v) is 2.19. The summed E-state index contributed by atoms with van der Waals surface area (Å²) in [5.74, 6) is -0.0589. The predicted octanol–water partition coefficient (Wildman–Crippen LogP) is 2.78. The Balaban J connectivity index is 2.63. The molecule has 1 amide bonds. The molecule has 1 aromatic rings. The van der Waals surface area contributed by atoms with Crippen molar-refractivity contribution in [2.45, 2.75) is 45.6 Å². The van der Waals surface area contributed by atoms with Gasteiger partial charge in [-0.2, -0.15) is 0 Å². The van der Waals surface area contributed by atoms with Crippen molar-refractivity contribution in [1.29, 1.82) is 0 Å². The third-order valence-corrected chi connectivity index (χ3v) is 4.14. The van der Waals surface area contributed by atoms with Crippen LogP contribution in [0.1, 0.15) is 50.4 Å². The summed E-state index contributed by atoms with van der Waals surface area (Å²) in [6, 6.07) is 7.71. The second kappa shape index (κ2) is 8.03. The third kappa shape index (κ3) is 5.05. The molecule has 0 aliphatic heterocycles. The molecule has 1 rings (SSSR count). The first-order valence-electron chi connectivity index (χ1n) is 7.84. The van der Waals surface area contributed by atoms with Gasteiger partial charge in [0.1, 0.15) is 0 Å². The van der Waals surface area contributed by atoms with Crippen LogP contribution >= 0.6 is 0 Å². The minimum atomic E-state index is -0.309. The second-order valence-electron chi connectivity index (χ2n) is 5.72. The highest BCUT2D eigenvalue weighted by atomic mass is 16.1. The van der Waals surface area contributed by atoms with Gasteiger partial charge in [0.05, 0.1) is 0 Å². The van der Waals surface area contributed by atoms with Gasteiger partial charge in [0.25, 0.3) is 5.91 Å². The molecule has 0 aliphatic carbocycles. The molecule has 0 saturated carbocycles. The van der Waals surface area contributed by atoms with E-state index in [1.54, 1.807) is 0 Å². The minimum absolute atomic E-state index is 0.0589. The van der Waals surface area contributed by atoms with E-state index in [4.69, 9.17) is 5.73 Å². The fourth-order valence-electron chi connectivity index (χ4n) is 2.19. The molecular formula is C17H29N3O. The first-order chi connectivity index (χ1) is 9.95. The Morgan fingerprint density at radius 2 is 1.76 bits per heavy atom. The van der Waals surface area contributed by atoms with Gasteiger partial charge >= 0.3 is 0 Å². The molecule has 0 unspecified atom stereocenters. The third-order valence-electron chi connectivity index (χ3n) is 4.14. The monoisotopic (exact) mass is 291 g/mol. The average molecular weight is 291 g/mol. The number of hydrogen-bond donors (Lipinski definition) is 2. The van der Waals surface area contributed by atoms with Crippen LogP contribution in [0.3, 0.4) is 0 Å². The first kappa shape index (κ1) is 17.5. The zero-order valence-corrected chi connectivity index (χ0v) is 13.8. The van der Waals surface area contributed by atoms with Crippen LogP contribution in [0.5, 0.6) is 0 Å². The van der Waals surface area contributed by atoms with Crippen LogP contribution in [0.15, 0.2) is 24.3 Å². The van der Waals surface area contributed by atoms with Crippen LogP contribution in [-0.2, 0) is 0 Å². The van der Waals surface area contributed by atoms with Crippen molar-refractivity contribution < 1.29 is 4.79 Å². The number of amides is 1. The Bertz CT molecular complexity index is 438. The first-order valence-corrected chi connectivity index (χ1v) is 7.84. The Morgan fingerprint density at radius 3 is 2.24 bits per heavy atom. The van der Waals surface area contributed by atoms with Gasteiger partial charge in [-0.25, -0.2) is 0 Å². The Hall–Kier alpha value is -1.55. The van der Waals surface area contributed by atoms with Crippen molar-refractivity contribution in [2.75, 3.05) is 25.0 Å². The maximum atomic E-state index is 12.1. The van der Waals surface area contributed by atoms with E-state index in [9.17, 15) is 4.79 Å². The predicted molar refractivity (Wildman–Crippen MR) is 89.8 cm³/mol. The Kier molecular flexibility index (Phi) is 6.69. The molecule has 0 bridgehead atoms. The molecule has 21 heavy (non-hydrogen) atoms. The fraction of sp³-hybridized carbons (Fsp3) is 0.588. The minimum Gasteiger partial charge on any atom is -0.375 e. The molecule has 1 aromatic carbocycles. The summed E-state index contributed by atoms with van der Waals surface area (Å²) >= 11 is 0. The second-order valence-corrected chi connectivity index (χ2v) is 5.72. The van der Waals surface area contributed by atoms with E-state index < -0.39 is 0 Å². The number of nitrogens with zero attached hydrogens (tertiary/aromatic N) is 1. The van der Waals surface area contributed by atoms with E-state index in [0.29, 0.717) is 12.1 Å². The summed E-state index contributed by atoms with van der Waals surface area (Å²) in [5.41, 5.74) is 7.70. The van der Waals surface area contributed by atoms with Crippen LogP contribution in [0.2, 0.25) is 0 Å². The summed E-state index contributed by atoms with van der Waals surface area (Å²) in [6.45, 7) is 7.77. The molecule has 4 heteroatoms. The average Bonchev–Trinajstić information content (AvgIpc) is 2.52. The Labute approximate surface area is 128 Å². The smallest absolute Gasteiger partial charge is 0.251 e. The van der Waals surface area contributed by atoms with Gasteiger partial charge in [0.2, 0.25) is 0 Å². The summed E-state index contributed by atoms with van der Waals surface area (Å²) < 4.78 is 0. The SMILES string of the molecule is CCCN(C)c1ccc(C(=O)NCC(N)(CC)CC)cc1. The molecule has 0 aromatic heterocycles. The number of carbonyl (C=O) groups is 1. The van der Waals surface area contributed by atoms with Crippen molar-refractivity contribution in [2.24, 2.45) is 5.73 Å². The largest absolute Gasteiger partial charge is 0.375 e. The number of carbonyl (C=O) groups excluding carboxylic acids is 1. The molecule has 3 N–H and O–H groups in total. The van der Waals surface area contributed by atoms with Crippen molar-refractivity contribution >= 4 is 11.6 Å². The molecule has 118 valence electrons. The normalized spacial score (nSPS) is 11.3. The maximum absolute atomic E-state index is 12.1. The van der Waals surface area contributed by atoms with Gasteiger partial charge in [0.15, 0.2) is 0 Å². The van der Waals surface area contributed by atoms with Crippen molar-refractivity contribution in [3.63, 3.8) is 0 Å². The van der Waals surface area contributed by atoms with Crippen LogP contribution in [0.4, 0.5) is 5.69 Å². The van der Waals surface area contributed by atoms with Crippen molar-refractivity contribution in [3.05, 3.63) is 29.8 Å². The number of nitrogens with one attached hydrogen (secondary N) is 1. The number of rotatable bonds is 8. The van der Waals surface area contributed by atoms with E-state index in [1.807, 2.05) is 38.1 Å². The van der Waals surface area contributed by atoms with Gasteiger partial charge in [-0.05, 0) is 43.5 Å². The quantitative estimate of drug-likeness (QED) is 0.774. The van der Waals surface area contributed by atoms with Gasteiger partial charge in [-0.1, -0.05) is 20.8 Å². The van der Waals surface area contributed by atoms with Crippen molar-refractivity contribution in [1.82, 2.24) is 5.32 Å². The number of benzene rings is 1. The standard InChI is InChI=1S/C17H29N3O/c1-5-12-20(4)15-10-8-14(9-11-15)16(21)19-13-17(18,6-2)7-3/h8-11H,5-7,12-13,18H2,1-4H3,(H,19,21). The summed E-state index contributed by atoms with van der Waals surface area (Å²) in [4.78, 5) is 14.3.